The number of hydrogen-bond acceptors (Lipinski definition) is 5. The number of anilines is 1. The molecule has 1 aromatic heterocycles. The summed E-state index contributed by atoms with van der Waals surface area (Å²) in [4.78, 5) is 19.8. The molecule has 0 spiro atoms. The maximum atomic E-state index is 11.6. The maximum absolute atomic E-state index is 11.6. The van der Waals surface area contributed by atoms with Crippen LogP contribution in [0.2, 0.25) is 0 Å². The van der Waals surface area contributed by atoms with Gasteiger partial charge in [0, 0.05) is 25.0 Å². The SMILES string of the molecule is CC(C)C(=O)Nc1ccnc(OC2CCOCC2)n1. The highest BCUT2D eigenvalue weighted by Gasteiger charge is 2.17. The number of nitrogens with zero attached hydrogens (tertiary/aromatic N) is 2. The molecule has 0 saturated carbocycles. The summed E-state index contributed by atoms with van der Waals surface area (Å²) in [6.45, 7) is 5.06. The van der Waals surface area contributed by atoms with E-state index < -0.39 is 0 Å². The van der Waals surface area contributed by atoms with Crippen molar-refractivity contribution in [3.05, 3.63) is 12.3 Å². The molecule has 0 atom stereocenters. The van der Waals surface area contributed by atoms with Crippen molar-refractivity contribution in [2.45, 2.75) is 32.8 Å². The number of carbonyl (C=O) groups is 1. The molecule has 6 nitrogen and oxygen atoms in total. The molecule has 1 aliphatic heterocycles. The van der Waals surface area contributed by atoms with Crippen LogP contribution >= 0.6 is 0 Å². The molecule has 6 heteroatoms. The molecule has 19 heavy (non-hydrogen) atoms. The minimum Gasteiger partial charge on any atom is -0.460 e. The second-order valence-electron chi connectivity index (χ2n) is 4.80. The second kappa shape index (κ2) is 6.47. The number of nitrogens with one attached hydrogen (secondary N) is 1. The van der Waals surface area contributed by atoms with Gasteiger partial charge in [0.15, 0.2) is 0 Å². The quantitative estimate of drug-likeness (QED) is 0.895. The molecule has 1 amide bonds. The molecule has 0 bridgehead atoms. The van der Waals surface area contributed by atoms with Crippen LogP contribution in [0.5, 0.6) is 6.01 Å². The average Bonchev–Trinajstić information content (AvgIpc) is 2.40. The molecule has 0 radical (unpaired) electrons. The molecule has 2 heterocycles. The lowest BCUT2D eigenvalue weighted by Crippen LogP contribution is -2.26. The van der Waals surface area contributed by atoms with Gasteiger partial charge >= 0.3 is 6.01 Å². The van der Waals surface area contributed by atoms with Gasteiger partial charge in [0.2, 0.25) is 5.91 Å². The molecule has 1 fully saturated rings. The van der Waals surface area contributed by atoms with E-state index in [9.17, 15) is 4.79 Å². The van der Waals surface area contributed by atoms with Crippen molar-refractivity contribution in [3.63, 3.8) is 0 Å². The fraction of sp³-hybridized carbons (Fsp3) is 0.615. The van der Waals surface area contributed by atoms with Gasteiger partial charge in [-0.05, 0) is 6.07 Å². The Balaban J connectivity index is 1.96. The molecule has 1 N–H and O–H groups in total. The summed E-state index contributed by atoms with van der Waals surface area (Å²) >= 11 is 0. The first-order valence-corrected chi connectivity index (χ1v) is 6.53. The van der Waals surface area contributed by atoms with E-state index in [1.807, 2.05) is 13.8 Å². The Morgan fingerprint density at radius 2 is 2.21 bits per heavy atom. The van der Waals surface area contributed by atoms with E-state index in [1.165, 1.54) is 0 Å². The summed E-state index contributed by atoms with van der Waals surface area (Å²) in [6, 6.07) is 1.95. The Hall–Kier alpha value is -1.69. The molecule has 1 aliphatic rings. The van der Waals surface area contributed by atoms with Gasteiger partial charge in [0.25, 0.3) is 0 Å². The van der Waals surface area contributed by atoms with Gasteiger partial charge in [-0.1, -0.05) is 13.8 Å². The lowest BCUT2D eigenvalue weighted by molar-refractivity contribution is -0.118. The molecule has 1 saturated heterocycles. The zero-order valence-electron chi connectivity index (χ0n) is 11.3. The van der Waals surface area contributed by atoms with Gasteiger partial charge < -0.3 is 14.8 Å². The van der Waals surface area contributed by atoms with E-state index in [2.05, 4.69) is 15.3 Å². The standard InChI is InChI=1S/C13H19N3O3/c1-9(2)12(17)15-11-3-6-14-13(16-11)19-10-4-7-18-8-5-10/h3,6,9-10H,4-5,7-8H2,1-2H3,(H,14,15,16,17). The minimum atomic E-state index is -0.0881. The van der Waals surface area contributed by atoms with Crippen molar-refractivity contribution < 1.29 is 14.3 Å². The molecule has 104 valence electrons. The maximum Gasteiger partial charge on any atom is 0.318 e. The third kappa shape index (κ3) is 4.17. The van der Waals surface area contributed by atoms with Crippen LogP contribution in [0.3, 0.4) is 0 Å². The third-order valence-corrected chi connectivity index (χ3v) is 2.85. The van der Waals surface area contributed by atoms with Gasteiger partial charge in [-0.25, -0.2) is 4.98 Å². The van der Waals surface area contributed by atoms with E-state index in [0.717, 1.165) is 12.8 Å². The highest BCUT2D eigenvalue weighted by Crippen LogP contribution is 2.15. The summed E-state index contributed by atoms with van der Waals surface area (Å²) < 4.78 is 10.9. The number of hydrogen-bond donors (Lipinski definition) is 1. The van der Waals surface area contributed by atoms with Crippen molar-refractivity contribution in [2.24, 2.45) is 5.92 Å². The van der Waals surface area contributed by atoms with E-state index >= 15 is 0 Å². The first-order chi connectivity index (χ1) is 9.15. The number of aromatic nitrogens is 2. The highest BCUT2D eigenvalue weighted by atomic mass is 16.5. The van der Waals surface area contributed by atoms with Gasteiger partial charge in [0.1, 0.15) is 11.9 Å². The smallest absolute Gasteiger partial charge is 0.318 e. The lowest BCUT2D eigenvalue weighted by atomic mass is 10.2. The average molecular weight is 265 g/mol. The molecule has 0 aliphatic carbocycles. The predicted molar refractivity (Wildman–Crippen MR) is 70.0 cm³/mol. The Morgan fingerprint density at radius 1 is 1.47 bits per heavy atom. The van der Waals surface area contributed by atoms with Gasteiger partial charge in [-0.15, -0.1) is 0 Å². The van der Waals surface area contributed by atoms with Crippen LogP contribution < -0.4 is 10.1 Å². The van der Waals surface area contributed by atoms with Crippen LogP contribution in [-0.4, -0.2) is 35.2 Å². The monoisotopic (exact) mass is 265 g/mol. The highest BCUT2D eigenvalue weighted by molar-refractivity contribution is 5.91. The molecular formula is C13H19N3O3. The number of ether oxygens (including phenoxy) is 2. The largest absolute Gasteiger partial charge is 0.460 e. The third-order valence-electron chi connectivity index (χ3n) is 2.85. The van der Waals surface area contributed by atoms with Crippen LogP contribution in [0.25, 0.3) is 0 Å². The first-order valence-electron chi connectivity index (χ1n) is 6.53. The van der Waals surface area contributed by atoms with Crippen molar-refractivity contribution in [1.29, 1.82) is 0 Å². The summed E-state index contributed by atoms with van der Waals surface area (Å²) in [6.07, 6.45) is 3.35. The van der Waals surface area contributed by atoms with Crippen LogP contribution in [0.4, 0.5) is 5.82 Å². The Kier molecular flexibility index (Phi) is 4.68. The topological polar surface area (TPSA) is 73.3 Å². The molecule has 0 aromatic carbocycles. The number of rotatable bonds is 4. The zero-order valence-corrected chi connectivity index (χ0v) is 11.3. The van der Waals surface area contributed by atoms with Crippen LogP contribution in [-0.2, 0) is 9.53 Å². The van der Waals surface area contributed by atoms with Crippen LogP contribution in [0.15, 0.2) is 12.3 Å². The molecular weight excluding hydrogens is 246 g/mol. The van der Waals surface area contributed by atoms with Gasteiger partial charge in [-0.3, -0.25) is 4.79 Å². The van der Waals surface area contributed by atoms with Crippen molar-refractivity contribution in [3.8, 4) is 6.01 Å². The number of carbonyl (C=O) groups excluding carboxylic acids is 1. The Morgan fingerprint density at radius 3 is 2.89 bits per heavy atom. The normalized spacial score (nSPS) is 16.4. The van der Waals surface area contributed by atoms with E-state index in [4.69, 9.17) is 9.47 Å². The summed E-state index contributed by atoms with van der Waals surface area (Å²) in [5, 5.41) is 2.72. The van der Waals surface area contributed by atoms with E-state index in [1.54, 1.807) is 12.3 Å². The number of amides is 1. The second-order valence-corrected chi connectivity index (χ2v) is 4.80. The summed E-state index contributed by atoms with van der Waals surface area (Å²) in [7, 11) is 0. The minimum absolute atomic E-state index is 0.0734. The lowest BCUT2D eigenvalue weighted by Gasteiger charge is -2.22. The van der Waals surface area contributed by atoms with Crippen molar-refractivity contribution in [1.82, 2.24) is 9.97 Å². The summed E-state index contributed by atoms with van der Waals surface area (Å²) in [5.74, 6) is 0.307. The summed E-state index contributed by atoms with van der Waals surface area (Å²) in [5.41, 5.74) is 0. The fourth-order valence-corrected chi connectivity index (χ4v) is 1.68. The van der Waals surface area contributed by atoms with Crippen LogP contribution in [0, 0.1) is 5.92 Å². The van der Waals surface area contributed by atoms with Crippen molar-refractivity contribution in [2.75, 3.05) is 18.5 Å². The van der Waals surface area contributed by atoms with E-state index in [-0.39, 0.29) is 17.9 Å². The fourth-order valence-electron chi connectivity index (χ4n) is 1.68. The Labute approximate surface area is 112 Å². The predicted octanol–water partition coefficient (Wildman–Crippen LogP) is 1.63. The van der Waals surface area contributed by atoms with Crippen LogP contribution in [0.1, 0.15) is 26.7 Å². The molecule has 2 rings (SSSR count). The zero-order chi connectivity index (χ0) is 13.7. The Bertz CT molecular complexity index is 431. The van der Waals surface area contributed by atoms with Gasteiger partial charge in [-0.2, -0.15) is 4.98 Å². The first kappa shape index (κ1) is 13.7. The molecule has 0 unspecified atom stereocenters. The molecule has 1 aromatic rings. The van der Waals surface area contributed by atoms with E-state index in [0.29, 0.717) is 25.0 Å². The van der Waals surface area contributed by atoms with Crippen molar-refractivity contribution >= 4 is 11.7 Å². The van der Waals surface area contributed by atoms with Gasteiger partial charge in [0.05, 0.1) is 13.2 Å².